The predicted molar refractivity (Wildman–Crippen MR) is 157 cm³/mol. The summed E-state index contributed by atoms with van der Waals surface area (Å²) in [6, 6.07) is 11.6. The molecule has 2 aromatic heterocycles. The van der Waals surface area contributed by atoms with Crippen LogP contribution in [-0.4, -0.2) is 70.8 Å². The van der Waals surface area contributed by atoms with E-state index in [0.717, 1.165) is 20.7 Å². The van der Waals surface area contributed by atoms with Crippen molar-refractivity contribution >= 4 is 50.3 Å². The van der Waals surface area contributed by atoms with E-state index in [0.29, 0.717) is 44.3 Å². The van der Waals surface area contributed by atoms with Gasteiger partial charge in [-0.2, -0.15) is 0 Å². The van der Waals surface area contributed by atoms with Gasteiger partial charge in [0, 0.05) is 49.0 Å². The van der Waals surface area contributed by atoms with Gasteiger partial charge in [-0.3, -0.25) is 9.69 Å². The Kier molecular flexibility index (Phi) is 6.85. The fourth-order valence-corrected chi connectivity index (χ4v) is 6.23. The van der Waals surface area contributed by atoms with Crippen molar-refractivity contribution in [3.8, 4) is 22.2 Å². The molecule has 1 N–H and O–H groups in total. The number of ether oxygens (including phenoxy) is 2. The second-order valence-corrected chi connectivity index (χ2v) is 11.2. The highest BCUT2D eigenvalue weighted by Crippen LogP contribution is 2.43. The van der Waals surface area contributed by atoms with Gasteiger partial charge in [0.25, 0.3) is 5.91 Å². The molecule has 0 aliphatic carbocycles. The van der Waals surface area contributed by atoms with Crippen LogP contribution in [0.3, 0.4) is 0 Å². The van der Waals surface area contributed by atoms with Gasteiger partial charge in [0.05, 0.1) is 41.1 Å². The zero-order valence-electron chi connectivity index (χ0n) is 23.2. The van der Waals surface area contributed by atoms with Gasteiger partial charge in [0.15, 0.2) is 11.6 Å². The van der Waals surface area contributed by atoms with Gasteiger partial charge in [-0.15, -0.1) is 11.3 Å². The predicted octanol–water partition coefficient (Wildman–Crippen LogP) is 5.55. The number of aromatic nitrogens is 3. The summed E-state index contributed by atoms with van der Waals surface area (Å²) >= 11 is 1.40. The van der Waals surface area contributed by atoms with Gasteiger partial charge in [-0.05, 0) is 42.8 Å². The van der Waals surface area contributed by atoms with Crippen molar-refractivity contribution in [2.45, 2.75) is 19.4 Å². The summed E-state index contributed by atoms with van der Waals surface area (Å²) in [5, 5.41) is 10.7. The molecule has 3 heterocycles. The normalized spacial score (nSPS) is 14.1. The number of aryl methyl sites for hydroxylation is 1. The molecule has 3 aromatic carbocycles. The summed E-state index contributed by atoms with van der Waals surface area (Å²) in [7, 11) is 4.78. The van der Waals surface area contributed by atoms with Crippen LogP contribution in [0.4, 0.5) is 14.9 Å². The van der Waals surface area contributed by atoms with Gasteiger partial charge in [-0.1, -0.05) is 6.07 Å². The number of benzene rings is 3. The molecule has 1 aliphatic rings. The Morgan fingerprint density at radius 1 is 1.17 bits per heavy atom. The lowest BCUT2D eigenvalue weighted by molar-refractivity contribution is 0.0827. The molecule has 0 saturated heterocycles. The quantitative estimate of drug-likeness (QED) is 0.275. The number of rotatable bonds is 6. The summed E-state index contributed by atoms with van der Waals surface area (Å²) in [4.78, 5) is 41.0. The average molecular weight is 588 g/mol. The number of fused-ring (bicyclic) bond motifs is 4. The second-order valence-electron chi connectivity index (χ2n) is 10.2. The maximum absolute atomic E-state index is 15.3. The summed E-state index contributed by atoms with van der Waals surface area (Å²) < 4.78 is 27.2. The molecule has 10 nitrogen and oxygen atoms in total. The van der Waals surface area contributed by atoms with Crippen molar-refractivity contribution in [3.63, 3.8) is 0 Å². The molecule has 12 heteroatoms. The molecule has 42 heavy (non-hydrogen) atoms. The van der Waals surface area contributed by atoms with E-state index in [1.807, 2.05) is 19.1 Å². The topological polar surface area (TPSA) is 118 Å². The molecule has 1 aliphatic heterocycles. The van der Waals surface area contributed by atoms with E-state index in [2.05, 4.69) is 9.97 Å². The van der Waals surface area contributed by atoms with Crippen LogP contribution >= 0.6 is 11.3 Å². The number of hydrogen-bond acceptors (Lipinski definition) is 8. The first-order chi connectivity index (χ1) is 20.1. The Bertz CT molecular complexity index is 1890. The number of amides is 2. The SMILES string of the molecule is COc1cnc2c(-c3nc4cc(F)c5c(c4s3)CC(CN(C(=O)O)c3cccc(C(=O)N(C)C)c3)O5)cc(C)cc2n1. The Hall–Kier alpha value is -4.84. The van der Waals surface area contributed by atoms with Crippen LogP contribution in [0, 0.1) is 12.7 Å². The minimum absolute atomic E-state index is 0.0594. The number of thiazole rings is 1. The Labute approximate surface area is 244 Å². The summed E-state index contributed by atoms with van der Waals surface area (Å²) in [6.07, 6.45) is -0.0199. The van der Waals surface area contributed by atoms with Crippen molar-refractivity contribution in [1.82, 2.24) is 19.9 Å². The van der Waals surface area contributed by atoms with E-state index in [-0.39, 0.29) is 24.6 Å². The minimum Gasteiger partial charge on any atom is -0.485 e. The van der Waals surface area contributed by atoms with Crippen molar-refractivity contribution < 1.29 is 28.6 Å². The van der Waals surface area contributed by atoms with Crippen molar-refractivity contribution in [1.29, 1.82) is 0 Å². The lowest BCUT2D eigenvalue weighted by Gasteiger charge is -2.23. The van der Waals surface area contributed by atoms with Crippen LogP contribution in [0.5, 0.6) is 11.6 Å². The third kappa shape index (κ3) is 4.83. The number of hydrogen-bond donors (Lipinski definition) is 1. The van der Waals surface area contributed by atoms with Crippen LogP contribution in [0.1, 0.15) is 21.5 Å². The molecule has 0 fully saturated rings. The molecule has 0 bridgehead atoms. The molecule has 0 saturated carbocycles. The minimum atomic E-state index is -1.21. The fraction of sp³-hybridized carbons (Fsp3) is 0.233. The average Bonchev–Trinajstić information content (AvgIpc) is 3.59. The van der Waals surface area contributed by atoms with Gasteiger partial charge in [-0.25, -0.2) is 24.1 Å². The molecule has 6 rings (SSSR count). The highest BCUT2D eigenvalue weighted by atomic mass is 32.1. The van der Waals surface area contributed by atoms with Crippen LogP contribution in [0.2, 0.25) is 0 Å². The number of carbonyl (C=O) groups is 2. The fourth-order valence-electron chi connectivity index (χ4n) is 5.12. The summed E-state index contributed by atoms with van der Waals surface area (Å²) in [5.41, 5.74) is 4.86. The number of carboxylic acid groups (broad SMARTS) is 1. The third-order valence-corrected chi connectivity index (χ3v) is 8.20. The number of methoxy groups -OCH3 is 1. The first kappa shape index (κ1) is 27.3. The molecule has 214 valence electrons. The van der Waals surface area contributed by atoms with E-state index in [4.69, 9.17) is 14.5 Å². The van der Waals surface area contributed by atoms with Crippen LogP contribution in [0.25, 0.3) is 31.8 Å². The highest BCUT2D eigenvalue weighted by molar-refractivity contribution is 7.22. The number of anilines is 1. The lowest BCUT2D eigenvalue weighted by atomic mass is 10.1. The highest BCUT2D eigenvalue weighted by Gasteiger charge is 2.33. The maximum atomic E-state index is 15.3. The monoisotopic (exact) mass is 587 g/mol. The first-order valence-corrected chi connectivity index (χ1v) is 13.9. The Morgan fingerprint density at radius 3 is 2.71 bits per heavy atom. The molecule has 0 radical (unpaired) electrons. The van der Waals surface area contributed by atoms with Crippen LogP contribution in [-0.2, 0) is 6.42 Å². The third-order valence-electron chi connectivity index (χ3n) is 7.03. The van der Waals surface area contributed by atoms with Crippen LogP contribution < -0.4 is 14.4 Å². The standard InChI is InChI=1S/C30H26FN5O5S/c1-15-8-19(25-22(9-15)33-24(40-4)13-32-25)28-34-23-12-21(31)26-20(27(23)42-28)11-18(41-26)14-36(30(38)39)17-7-5-6-16(10-17)29(37)35(2)3/h5-10,12-13,18H,11,14H2,1-4H3,(H,38,39). The van der Waals surface area contributed by atoms with Gasteiger partial charge in [0.2, 0.25) is 5.88 Å². The van der Waals surface area contributed by atoms with E-state index < -0.39 is 18.0 Å². The van der Waals surface area contributed by atoms with E-state index in [1.54, 1.807) is 38.5 Å². The lowest BCUT2D eigenvalue weighted by Crippen LogP contribution is -2.38. The molecular formula is C30H26FN5O5S. The molecule has 2 amide bonds. The van der Waals surface area contributed by atoms with Crippen LogP contribution in [0.15, 0.2) is 48.7 Å². The Morgan fingerprint density at radius 2 is 1.98 bits per heavy atom. The largest absolute Gasteiger partial charge is 0.485 e. The van der Waals surface area contributed by atoms with Crippen molar-refractivity contribution in [3.05, 3.63) is 71.2 Å². The van der Waals surface area contributed by atoms with E-state index >= 15 is 4.39 Å². The van der Waals surface area contributed by atoms with E-state index in [9.17, 15) is 14.7 Å². The summed E-state index contributed by atoms with van der Waals surface area (Å²) in [5.74, 6) is -0.305. The number of nitrogens with zero attached hydrogens (tertiary/aromatic N) is 5. The maximum Gasteiger partial charge on any atom is 0.411 e. The summed E-state index contributed by atoms with van der Waals surface area (Å²) in [6.45, 7) is 1.89. The zero-order valence-corrected chi connectivity index (χ0v) is 24.0. The van der Waals surface area contributed by atoms with Gasteiger partial charge < -0.3 is 19.5 Å². The number of halogens is 1. The second kappa shape index (κ2) is 10.5. The number of carbonyl (C=O) groups excluding carboxylic acids is 1. The molecule has 5 aromatic rings. The molecule has 0 spiro atoms. The molecular weight excluding hydrogens is 561 g/mol. The van der Waals surface area contributed by atoms with Crippen molar-refractivity contribution in [2.75, 3.05) is 32.6 Å². The first-order valence-electron chi connectivity index (χ1n) is 13.1. The smallest absolute Gasteiger partial charge is 0.411 e. The zero-order chi connectivity index (χ0) is 29.7. The van der Waals surface area contributed by atoms with Gasteiger partial charge >= 0.3 is 6.09 Å². The van der Waals surface area contributed by atoms with Gasteiger partial charge in [0.1, 0.15) is 11.1 Å². The molecule has 1 atom stereocenters. The molecule has 1 unspecified atom stereocenters. The van der Waals surface area contributed by atoms with Crippen molar-refractivity contribution in [2.24, 2.45) is 0 Å². The van der Waals surface area contributed by atoms with E-state index in [1.165, 1.54) is 35.5 Å². The Balaban J connectivity index is 1.34.